The highest BCUT2D eigenvalue weighted by molar-refractivity contribution is 7.09. The summed E-state index contributed by atoms with van der Waals surface area (Å²) < 4.78 is 17.4. The van der Waals surface area contributed by atoms with Crippen LogP contribution in [0.5, 0.6) is 0 Å². The fraction of sp³-hybridized carbons (Fsp3) is 0.588. The van der Waals surface area contributed by atoms with Gasteiger partial charge in [0.25, 0.3) is 0 Å². The van der Waals surface area contributed by atoms with E-state index >= 15 is 0 Å². The Morgan fingerprint density at radius 3 is 3.22 bits per heavy atom. The van der Waals surface area contributed by atoms with Gasteiger partial charge in [-0.1, -0.05) is 0 Å². The quantitative estimate of drug-likeness (QED) is 0.841. The van der Waals surface area contributed by atoms with Crippen LogP contribution in [0.3, 0.4) is 0 Å². The summed E-state index contributed by atoms with van der Waals surface area (Å²) in [5.74, 6) is 0. The summed E-state index contributed by atoms with van der Waals surface area (Å²) in [6.45, 7) is 5.24. The average Bonchev–Trinajstić information content (AvgIpc) is 3.28. The second-order valence-corrected chi connectivity index (χ2v) is 7.38. The molecule has 0 aliphatic carbocycles. The summed E-state index contributed by atoms with van der Waals surface area (Å²) >= 11 is 1.67. The van der Waals surface area contributed by atoms with Gasteiger partial charge in [-0.25, -0.2) is 4.98 Å². The molecule has 0 N–H and O–H groups in total. The average molecular weight is 334 g/mol. The Labute approximate surface area is 140 Å². The molecule has 23 heavy (non-hydrogen) atoms. The lowest BCUT2D eigenvalue weighted by Crippen LogP contribution is -2.41. The SMILES string of the molecule is Cc1nc(CO[C@H]2CN(Cc3ccoc3)[C@@H]3CCCO[C@H]23)cs1. The first kappa shape index (κ1) is 15.3. The van der Waals surface area contributed by atoms with Crippen LogP contribution in [0.1, 0.15) is 29.1 Å². The number of rotatable bonds is 5. The molecule has 2 aliphatic rings. The summed E-state index contributed by atoms with van der Waals surface area (Å²) in [6.07, 6.45) is 6.16. The number of nitrogens with zero attached hydrogens (tertiary/aromatic N) is 2. The van der Waals surface area contributed by atoms with E-state index in [2.05, 4.69) is 15.3 Å². The number of aryl methyl sites for hydroxylation is 1. The van der Waals surface area contributed by atoms with Crippen molar-refractivity contribution in [3.8, 4) is 0 Å². The second kappa shape index (κ2) is 6.73. The molecule has 4 rings (SSSR count). The highest BCUT2D eigenvalue weighted by atomic mass is 32.1. The lowest BCUT2D eigenvalue weighted by atomic mass is 10.0. The maximum atomic E-state index is 6.18. The summed E-state index contributed by atoms with van der Waals surface area (Å²) in [5.41, 5.74) is 2.23. The zero-order valence-electron chi connectivity index (χ0n) is 13.3. The first-order chi connectivity index (χ1) is 11.3. The van der Waals surface area contributed by atoms with Crippen LogP contribution in [-0.4, -0.2) is 41.3 Å². The minimum atomic E-state index is 0.120. The number of hydrogen-bond donors (Lipinski definition) is 0. The number of aromatic nitrogens is 1. The molecule has 0 spiro atoms. The van der Waals surface area contributed by atoms with Crippen LogP contribution in [-0.2, 0) is 22.6 Å². The van der Waals surface area contributed by atoms with Crippen molar-refractivity contribution < 1.29 is 13.9 Å². The smallest absolute Gasteiger partial charge is 0.100 e. The molecular weight excluding hydrogens is 312 g/mol. The molecule has 0 bridgehead atoms. The van der Waals surface area contributed by atoms with Crippen LogP contribution in [0.15, 0.2) is 28.4 Å². The zero-order chi connectivity index (χ0) is 15.6. The molecule has 124 valence electrons. The Bertz CT molecular complexity index is 628. The van der Waals surface area contributed by atoms with Gasteiger partial charge in [0.15, 0.2) is 0 Å². The third kappa shape index (κ3) is 3.35. The van der Waals surface area contributed by atoms with Crippen molar-refractivity contribution in [3.63, 3.8) is 0 Å². The number of fused-ring (bicyclic) bond motifs is 1. The predicted molar refractivity (Wildman–Crippen MR) is 87.3 cm³/mol. The van der Waals surface area contributed by atoms with Crippen molar-refractivity contribution in [1.82, 2.24) is 9.88 Å². The van der Waals surface area contributed by atoms with Crippen LogP contribution in [0.25, 0.3) is 0 Å². The van der Waals surface area contributed by atoms with Crippen molar-refractivity contribution in [1.29, 1.82) is 0 Å². The van der Waals surface area contributed by atoms with Crippen LogP contribution in [0.4, 0.5) is 0 Å². The summed E-state index contributed by atoms with van der Waals surface area (Å²) in [5, 5.41) is 3.16. The second-order valence-electron chi connectivity index (χ2n) is 6.31. The van der Waals surface area contributed by atoms with E-state index in [0.29, 0.717) is 12.6 Å². The minimum Gasteiger partial charge on any atom is -0.472 e. The topological polar surface area (TPSA) is 47.7 Å². The standard InChI is InChI=1S/C17H22N2O3S/c1-12-18-14(11-23-12)10-22-16-8-19(7-13-4-6-20-9-13)15-3-2-5-21-17(15)16/h4,6,9,11,15-17H,2-3,5,7-8,10H2,1H3/t15-,16+,17+/m1/s1. The monoisotopic (exact) mass is 334 g/mol. The Hall–Kier alpha value is -1.21. The van der Waals surface area contributed by atoms with E-state index in [9.17, 15) is 0 Å². The summed E-state index contributed by atoms with van der Waals surface area (Å²) in [6, 6.07) is 2.48. The number of furan rings is 1. The number of ether oxygens (including phenoxy) is 2. The molecule has 2 aromatic heterocycles. The van der Waals surface area contributed by atoms with Crippen LogP contribution >= 0.6 is 11.3 Å². The van der Waals surface area contributed by atoms with E-state index in [1.54, 1.807) is 17.6 Å². The fourth-order valence-electron chi connectivity index (χ4n) is 3.62. The van der Waals surface area contributed by atoms with E-state index in [0.717, 1.165) is 36.8 Å². The van der Waals surface area contributed by atoms with E-state index in [1.807, 2.05) is 19.3 Å². The molecule has 0 unspecified atom stereocenters. The largest absolute Gasteiger partial charge is 0.472 e. The van der Waals surface area contributed by atoms with Crippen molar-refractivity contribution in [2.75, 3.05) is 13.2 Å². The van der Waals surface area contributed by atoms with Crippen molar-refractivity contribution in [2.45, 2.75) is 51.2 Å². The Kier molecular flexibility index (Phi) is 4.48. The van der Waals surface area contributed by atoms with Gasteiger partial charge in [0.1, 0.15) is 6.10 Å². The molecule has 0 saturated carbocycles. The molecule has 2 fully saturated rings. The maximum Gasteiger partial charge on any atom is 0.100 e. The van der Waals surface area contributed by atoms with Crippen molar-refractivity contribution in [2.24, 2.45) is 0 Å². The van der Waals surface area contributed by atoms with E-state index in [-0.39, 0.29) is 12.2 Å². The van der Waals surface area contributed by atoms with Gasteiger partial charge < -0.3 is 13.9 Å². The number of thiazole rings is 1. The first-order valence-electron chi connectivity index (χ1n) is 8.19. The summed E-state index contributed by atoms with van der Waals surface area (Å²) in [7, 11) is 0. The molecule has 6 heteroatoms. The molecule has 2 saturated heterocycles. The molecule has 3 atom stereocenters. The van der Waals surface area contributed by atoms with Crippen molar-refractivity contribution in [3.05, 3.63) is 40.2 Å². The fourth-order valence-corrected chi connectivity index (χ4v) is 4.21. The lowest BCUT2D eigenvalue weighted by Gasteiger charge is -2.32. The first-order valence-corrected chi connectivity index (χ1v) is 9.07. The number of likely N-dealkylation sites (tertiary alicyclic amines) is 1. The predicted octanol–water partition coefficient (Wildman–Crippen LogP) is 2.99. The minimum absolute atomic E-state index is 0.120. The van der Waals surface area contributed by atoms with E-state index < -0.39 is 0 Å². The number of hydrogen-bond acceptors (Lipinski definition) is 6. The Morgan fingerprint density at radius 1 is 1.48 bits per heavy atom. The molecule has 4 heterocycles. The van der Waals surface area contributed by atoms with Gasteiger partial charge in [-0.3, -0.25) is 4.90 Å². The van der Waals surface area contributed by atoms with Gasteiger partial charge in [-0.2, -0.15) is 0 Å². The highest BCUT2D eigenvalue weighted by Gasteiger charge is 2.44. The third-order valence-electron chi connectivity index (χ3n) is 4.66. The molecule has 2 aromatic rings. The maximum absolute atomic E-state index is 6.18. The van der Waals surface area contributed by atoms with Gasteiger partial charge in [0, 0.05) is 36.7 Å². The highest BCUT2D eigenvalue weighted by Crippen LogP contribution is 2.32. The molecule has 0 amide bonds. The van der Waals surface area contributed by atoms with Gasteiger partial charge in [-0.15, -0.1) is 11.3 Å². The summed E-state index contributed by atoms with van der Waals surface area (Å²) in [4.78, 5) is 6.96. The van der Waals surface area contributed by atoms with Gasteiger partial charge in [0.05, 0.1) is 35.9 Å². The Morgan fingerprint density at radius 2 is 2.43 bits per heavy atom. The lowest BCUT2D eigenvalue weighted by molar-refractivity contribution is -0.0823. The third-order valence-corrected chi connectivity index (χ3v) is 5.48. The normalized spacial score (nSPS) is 28.1. The van der Waals surface area contributed by atoms with E-state index in [1.165, 1.54) is 12.0 Å². The Balaban J connectivity index is 1.42. The van der Waals surface area contributed by atoms with Crippen LogP contribution in [0.2, 0.25) is 0 Å². The van der Waals surface area contributed by atoms with Gasteiger partial charge in [-0.05, 0) is 25.8 Å². The molecule has 0 radical (unpaired) electrons. The van der Waals surface area contributed by atoms with Gasteiger partial charge in [0.2, 0.25) is 0 Å². The molecular formula is C17H22N2O3S. The molecule has 2 aliphatic heterocycles. The van der Waals surface area contributed by atoms with Crippen LogP contribution in [0, 0.1) is 6.92 Å². The zero-order valence-corrected chi connectivity index (χ0v) is 14.1. The van der Waals surface area contributed by atoms with Crippen molar-refractivity contribution >= 4 is 11.3 Å². The van der Waals surface area contributed by atoms with E-state index in [4.69, 9.17) is 13.9 Å². The van der Waals surface area contributed by atoms with Gasteiger partial charge >= 0.3 is 0 Å². The van der Waals surface area contributed by atoms with Crippen LogP contribution < -0.4 is 0 Å². The molecule has 0 aromatic carbocycles. The molecule has 5 nitrogen and oxygen atoms in total.